The zero-order valence-corrected chi connectivity index (χ0v) is 11.4. The lowest BCUT2D eigenvalue weighted by atomic mass is 9.87. The molecule has 1 rings (SSSR count). The molecule has 17 heavy (non-hydrogen) atoms. The highest BCUT2D eigenvalue weighted by Crippen LogP contribution is 2.26. The van der Waals surface area contributed by atoms with Gasteiger partial charge in [-0.05, 0) is 33.5 Å². The molecular weight excluding hydrogens is 238 g/mol. The number of likely N-dealkylation sites (N-methyl/N-ethyl adjacent to an activating group) is 1. The number of rotatable bonds is 4. The first-order valence-electron chi connectivity index (χ1n) is 5.46. The molecule has 1 aromatic heterocycles. The highest BCUT2D eigenvalue weighted by molar-refractivity contribution is 6.31. The van der Waals surface area contributed by atoms with Crippen molar-refractivity contribution in [3.63, 3.8) is 0 Å². The van der Waals surface area contributed by atoms with Crippen LogP contribution in [-0.2, 0) is 0 Å². The Morgan fingerprint density at radius 1 is 1.59 bits per heavy atom. The Hall–Kier alpha value is -1.13. The molecule has 1 unspecified atom stereocenters. The standard InChI is InChI=1S/C12H18ClN3O/c1-5-12(2,16(3)4)10(17)9-6-8(13)7-15-11(9)14/h6-7H,5H2,1-4H3,(H2,14,15). The molecule has 0 aromatic carbocycles. The number of carbonyl (C=O) groups is 1. The molecule has 0 aliphatic carbocycles. The Kier molecular flexibility index (Phi) is 4.11. The maximum atomic E-state index is 12.5. The smallest absolute Gasteiger partial charge is 0.186 e. The van der Waals surface area contributed by atoms with E-state index in [4.69, 9.17) is 17.3 Å². The minimum Gasteiger partial charge on any atom is -0.383 e. The molecule has 1 heterocycles. The van der Waals surface area contributed by atoms with Crippen LogP contribution in [0.25, 0.3) is 0 Å². The third-order valence-electron chi connectivity index (χ3n) is 3.29. The highest BCUT2D eigenvalue weighted by atomic mass is 35.5. The Balaban J connectivity index is 3.24. The lowest BCUT2D eigenvalue weighted by molar-refractivity contribution is 0.0711. The van der Waals surface area contributed by atoms with Crippen LogP contribution in [0.1, 0.15) is 30.6 Å². The van der Waals surface area contributed by atoms with E-state index in [1.54, 1.807) is 6.07 Å². The third kappa shape index (κ3) is 2.58. The predicted octanol–water partition coefficient (Wildman–Crippen LogP) is 2.23. The predicted molar refractivity (Wildman–Crippen MR) is 70.4 cm³/mol. The normalized spacial score (nSPS) is 14.7. The second kappa shape index (κ2) is 5.02. The SMILES string of the molecule is CCC(C)(C(=O)c1cc(Cl)cnc1N)N(C)C. The van der Waals surface area contributed by atoms with Gasteiger partial charge in [-0.2, -0.15) is 0 Å². The monoisotopic (exact) mass is 255 g/mol. The van der Waals surface area contributed by atoms with Crippen molar-refractivity contribution in [1.82, 2.24) is 9.88 Å². The van der Waals surface area contributed by atoms with Crippen molar-refractivity contribution in [3.05, 3.63) is 22.8 Å². The number of ketones is 1. The van der Waals surface area contributed by atoms with Crippen LogP contribution in [0, 0.1) is 0 Å². The summed E-state index contributed by atoms with van der Waals surface area (Å²) in [7, 11) is 3.74. The molecule has 2 N–H and O–H groups in total. The molecule has 0 fully saturated rings. The first-order chi connectivity index (χ1) is 7.82. The number of halogens is 1. The van der Waals surface area contributed by atoms with Crippen LogP contribution in [0.2, 0.25) is 5.02 Å². The molecular formula is C12H18ClN3O. The van der Waals surface area contributed by atoms with Crippen molar-refractivity contribution < 1.29 is 4.79 Å². The average molecular weight is 256 g/mol. The quantitative estimate of drug-likeness (QED) is 0.839. The number of nitrogen functional groups attached to an aromatic ring is 1. The van der Waals surface area contributed by atoms with Gasteiger partial charge < -0.3 is 5.73 Å². The molecule has 0 radical (unpaired) electrons. The second-order valence-electron chi connectivity index (χ2n) is 4.44. The molecule has 1 atom stereocenters. The van der Waals surface area contributed by atoms with E-state index in [0.717, 1.165) is 0 Å². The highest BCUT2D eigenvalue weighted by Gasteiger charge is 2.35. The number of pyridine rings is 1. The Bertz CT molecular complexity index is 434. The third-order valence-corrected chi connectivity index (χ3v) is 3.50. The van der Waals surface area contributed by atoms with E-state index in [-0.39, 0.29) is 11.6 Å². The van der Waals surface area contributed by atoms with E-state index in [1.807, 2.05) is 32.8 Å². The Labute approximate surface area is 107 Å². The van der Waals surface area contributed by atoms with Crippen molar-refractivity contribution in [2.45, 2.75) is 25.8 Å². The molecule has 0 amide bonds. The summed E-state index contributed by atoms with van der Waals surface area (Å²) in [5.41, 5.74) is 5.52. The number of nitrogens with zero attached hydrogens (tertiary/aromatic N) is 2. The van der Waals surface area contributed by atoms with Gasteiger partial charge in [0.15, 0.2) is 5.78 Å². The molecule has 0 spiro atoms. The van der Waals surface area contributed by atoms with E-state index in [2.05, 4.69) is 4.98 Å². The number of aromatic nitrogens is 1. The molecule has 0 bridgehead atoms. The van der Waals surface area contributed by atoms with E-state index in [0.29, 0.717) is 17.0 Å². The molecule has 0 saturated heterocycles. The van der Waals surface area contributed by atoms with Crippen molar-refractivity contribution in [2.75, 3.05) is 19.8 Å². The summed E-state index contributed by atoms with van der Waals surface area (Å²) < 4.78 is 0. The van der Waals surface area contributed by atoms with Gasteiger partial charge in [0.1, 0.15) is 5.82 Å². The van der Waals surface area contributed by atoms with Gasteiger partial charge in [0.25, 0.3) is 0 Å². The first kappa shape index (κ1) is 13.9. The number of anilines is 1. The van der Waals surface area contributed by atoms with Crippen LogP contribution < -0.4 is 5.73 Å². The fourth-order valence-corrected chi connectivity index (χ4v) is 1.76. The molecule has 0 saturated carbocycles. The summed E-state index contributed by atoms with van der Waals surface area (Å²) in [6.07, 6.45) is 2.12. The van der Waals surface area contributed by atoms with E-state index >= 15 is 0 Å². The molecule has 1 aromatic rings. The van der Waals surface area contributed by atoms with Gasteiger partial charge in [0.05, 0.1) is 16.1 Å². The number of Topliss-reactive ketones (excluding diaryl/α,β-unsaturated/α-hetero) is 1. The van der Waals surface area contributed by atoms with Crippen molar-refractivity contribution >= 4 is 23.2 Å². The average Bonchev–Trinajstić information content (AvgIpc) is 2.30. The maximum absolute atomic E-state index is 12.5. The summed E-state index contributed by atoms with van der Waals surface area (Å²) in [6, 6.07) is 1.57. The Morgan fingerprint density at radius 3 is 2.65 bits per heavy atom. The zero-order valence-electron chi connectivity index (χ0n) is 10.6. The largest absolute Gasteiger partial charge is 0.383 e. The van der Waals surface area contributed by atoms with Crippen LogP contribution in [0.5, 0.6) is 0 Å². The topological polar surface area (TPSA) is 59.2 Å². The van der Waals surface area contributed by atoms with Gasteiger partial charge in [-0.3, -0.25) is 9.69 Å². The van der Waals surface area contributed by atoms with Gasteiger partial charge >= 0.3 is 0 Å². The molecule has 0 aliphatic rings. The summed E-state index contributed by atoms with van der Waals surface area (Å²) in [4.78, 5) is 18.3. The van der Waals surface area contributed by atoms with E-state index in [1.165, 1.54) is 6.20 Å². The number of nitrogens with two attached hydrogens (primary N) is 1. The number of hydrogen-bond acceptors (Lipinski definition) is 4. The molecule has 94 valence electrons. The molecule has 4 nitrogen and oxygen atoms in total. The van der Waals surface area contributed by atoms with Gasteiger partial charge in [0, 0.05) is 6.20 Å². The van der Waals surface area contributed by atoms with Crippen LogP contribution in [0.15, 0.2) is 12.3 Å². The zero-order chi connectivity index (χ0) is 13.2. The van der Waals surface area contributed by atoms with Crippen LogP contribution in [0.3, 0.4) is 0 Å². The fraction of sp³-hybridized carbons (Fsp3) is 0.500. The van der Waals surface area contributed by atoms with E-state index < -0.39 is 5.54 Å². The number of hydrogen-bond donors (Lipinski definition) is 1. The van der Waals surface area contributed by atoms with E-state index in [9.17, 15) is 4.79 Å². The van der Waals surface area contributed by atoms with Gasteiger partial charge in [0.2, 0.25) is 0 Å². The minimum absolute atomic E-state index is 0.0579. The molecule has 5 heteroatoms. The van der Waals surface area contributed by atoms with Crippen molar-refractivity contribution in [2.24, 2.45) is 0 Å². The van der Waals surface area contributed by atoms with Crippen LogP contribution in [-0.4, -0.2) is 35.3 Å². The minimum atomic E-state index is -0.597. The second-order valence-corrected chi connectivity index (χ2v) is 4.87. The van der Waals surface area contributed by atoms with Crippen LogP contribution >= 0.6 is 11.6 Å². The lowest BCUT2D eigenvalue weighted by Gasteiger charge is -2.34. The van der Waals surface area contributed by atoms with Gasteiger partial charge in [-0.1, -0.05) is 18.5 Å². The lowest BCUT2D eigenvalue weighted by Crippen LogP contribution is -2.48. The van der Waals surface area contributed by atoms with Gasteiger partial charge in [-0.15, -0.1) is 0 Å². The summed E-state index contributed by atoms with van der Waals surface area (Å²) in [5, 5.41) is 0.416. The molecule has 0 aliphatic heterocycles. The summed E-state index contributed by atoms with van der Waals surface area (Å²) >= 11 is 5.85. The van der Waals surface area contributed by atoms with Gasteiger partial charge in [-0.25, -0.2) is 4.98 Å². The summed E-state index contributed by atoms with van der Waals surface area (Å²) in [6.45, 7) is 3.85. The van der Waals surface area contributed by atoms with Crippen molar-refractivity contribution in [1.29, 1.82) is 0 Å². The fourth-order valence-electron chi connectivity index (χ4n) is 1.60. The first-order valence-corrected chi connectivity index (χ1v) is 5.84. The maximum Gasteiger partial charge on any atom is 0.186 e. The Morgan fingerprint density at radius 2 is 2.18 bits per heavy atom. The van der Waals surface area contributed by atoms with Crippen LogP contribution in [0.4, 0.5) is 5.82 Å². The van der Waals surface area contributed by atoms with Crippen molar-refractivity contribution in [3.8, 4) is 0 Å². The number of carbonyl (C=O) groups excluding carboxylic acids is 1. The summed E-state index contributed by atoms with van der Waals surface area (Å²) in [5.74, 6) is 0.165.